The third kappa shape index (κ3) is 2.56. The van der Waals surface area contributed by atoms with Crippen molar-refractivity contribution >= 4 is 33.0 Å². The second kappa shape index (κ2) is 5.97. The molecule has 0 spiro atoms. The molecule has 0 radical (unpaired) electrons. The zero-order valence-corrected chi connectivity index (χ0v) is 15.6. The smallest absolute Gasteiger partial charge is 0.213 e. The molecular formula is C19H14BrN3OS. The lowest BCUT2D eigenvalue weighted by Gasteiger charge is -2.38. The highest BCUT2D eigenvalue weighted by Gasteiger charge is 2.41. The third-order valence-electron chi connectivity index (χ3n) is 4.55. The number of hydrogen-bond acceptors (Lipinski definition) is 5. The zero-order valence-electron chi connectivity index (χ0n) is 13.2. The zero-order chi connectivity index (χ0) is 16.8. The van der Waals surface area contributed by atoms with Crippen molar-refractivity contribution in [1.82, 2.24) is 9.99 Å². The normalized spacial score (nSPS) is 21.3. The summed E-state index contributed by atoms with van der Waals surface area (Å²) in [6.45, 7) is 0. The predicted molar refractivity (Wildman–Crippen MR) is 102 cm³/mol. The molecule has 1 aromatic carbocycles. The van der Waals surface area contributed by atoms with Crippen LogP contribution in [0.5, 0.6) is 5.75 Å². The van der Waals surface area contributed by atoms with Crippen molar-refractivity contribution in [1.29, 1.82) is 0 Å². The number of pyridine rings is 1. The molecular weight excluding hydrogens is 398 g/mol. The van der Waals surface area contributed by atoms with Crippen molar-refractivity contribution in [3.05, 3.63) is 80.7 Å². The standard InChI is InChI=1S/C19H14BrN3OS/c20-13-3-4-17-14(10-13)16-11-15(18-2-1-9-25-18)22-23(16)19(24-17)12-5-7-21-8-6-12/h1-10,16,19H,11H2/t16-,19+/m1/s1. The molecule has 0 bridgehead atoms. The molecule has 0 aliphatic carbocycles. The summed E-state index contributed by atoms with van der Waals surface area (Å²) in [5.41, 5.74) is 3.36. The molecule has 0 N–H and O–H groups in total. The van der Waals surface area contributed by atoms with Gasteiger partial charge in [-0.05, 0) is 41.8 Å². The molecule has 0 saturated carbocycles. The van der Waals surface area contributed by atoms with Crippen molar-refractivity contribution in [3.63, 3.8) is 0 Å². The van der Waals surface area contributed by atoms with E-state index < -0.39 is 0 Å². The SMILES string of the molecule is Brc1ccc2c(c1)[C@H]1CC(c3cccs3)=NN1[C@H](c1ccncc1)O2. The van der Waals surface area contributed by atoms with Crippen LogP contribution in [0, 0.1) is 0 Å². The van der Waals surface area contributed by atoms with Crippen molar-refractivity contribution in [2.24, 2.45) is 5.10 Å². The lowest BCUT2D eigenvalue weighted by Crippen LogP contribution is -2.33. The van der Waals surface area contributed by atoms with E-state index in [9.17, 15) is 0 Å². The number of nitrogens with zero attached hydrogens (tertiary/aromatic N) is 3. The number of ether oxygens (including phenoxy) is 1. The minimum atomic E-state index is -0.237. The van der Waals surface area contributed by atoms with Crippen LogP contribution in [0.15, 0.2) is 69.8 Å². The maximum atomic E-state index is 6.33. The van der Waals surface area contributed by atoms with E-state index >= 15 is 0 Å². The maximum absolute atomic E-state index is 6.33. The predicted octanol–water partition coefficient (Wildman–Crippen LogP) is 5.15. The average Bonchev–Trinajstić information content (AvgIpc) is 3.31. The summed E-state index contributed by atoms with van der Waals surface area (Å²) in [5.74, 6) is 0.925. The number of thiophene rings is 1. The molecule has 124 valence electrons. The van der Waals surface area contributed by atoms with Crippen molar-refractivity contribution in [3.8, 4) is 5.75 Å². The summed E-state index contributed by atoms with van der Waals surface area (Å²) >= 11 is 5.31. The van der Waals surface area contributed by atoms with Crippen LogP contribution in [0.2, 0.25) is 0 Å². The fourth-order valence-corrected chi connectivity index (χ4v) is 4.50. The number of benzene rings is 1. The van der Waals surface area contributed by atoms with Gasteiger partial charge in [0, 0.05) is 34.4 Å². The Balaban J connectivity index is 1.62. The molecule has 4 heterocycles. The molecule has 4 nitrogen and oxygen atoms in total. The van der Waals surface area contributed by atoms with E-state index in [1.807, 2.05) is 24.3 Å². The van der Waals surface area contributed by atoms with E-state index in [4.69, 9.17) is 9.84 Å². The summed E-state index contributed by atoms with van der Waals surface area (Å²) in [6, 6.07) is 14.6. The van der Waals surface area contributed by atoms with Crippen LogP contribution in [0.4, 0.5) is 0 Å². The topological polar surface area (TPSA) is 37.7 Å². The molecule has 2 aliphatic heterocycles. The molecule has 0 saturated heterocycles. The van der Waals surface area contributed by atoms with Crippen LogP contribution in [0.25, 0.3) is 0 Å². The lowest BCUT2D eigenvalue weighted by atomic mass is 9.98. The van der Waals surface area contributed by atoms with Crippen LogP contribution in [0.1, 0.15) is 34.7 Å². The van der Waals surface area contributed by atoms with E-state index in [2.05, 4.69) is 49.5 Å². The highest BCUT2D eigenvalue weighted by molar-refractivity contribution is 9.10. The highest BCUT2D eigenvalue weighted by Crippen LogP contribution is 2.48. The lowest BCUT2D eigenvalue weighted by molar-refractivity contribution is -0.0191. The molecule has 0 fully saturated rings. The van der Waals surface area contributed by atoms with Crippen LogP contribution in [-0.4, -0.2) is 15.7 Å². The number of hydrogen-bond donors (Lipinski definition) is 0. The minimum absolute atomic E-state index is 0.177. The summed E-state index contributed by atoms with van der Waals surface area (Å²) in [7, 11) is 0. The van der Waals surface area contributed by atoms with E-state index in [0.717, 1.165) is 27.9 Å². The molecule has 5 rings (SSSR count). The number of aromatic nitrogens is 1. The van der Waals surface area contributed by atoms with Gasteiger partial charge in [-0.2, -0.15) is 5.10 Å². The van der Waals surface area contributed by atoms with Crippen molar-refractivity contribution < 1.29 is 4.74 Å². The van der Waals surface area contributed by atoms with Gasteiger partial charge >= 0.3 is 0 Å². The molecule has 0 unspecified atom stereocenters. The van der Waals surface area contributed by atoms with Crippen LogP contribution in [0.3, 0.4) is 0 Å². The van der Waals surface area contributed by atoms with Crippen LogP contribution in [-0.2, 0) is 0 Å². The Morgan fingerprint density at radius 1 is 1.16 bits per heavy atom. The van der Waals surface area contributed by atoms with Crippen LogP contribution >= 0.6 is 27.3 Å². The number of fused-ring (bicyclic) bond motifs is 3. The maximum Gasteiger partial charge on any atom is 0.213 e. The Morgan fingerprint density at radius 3 is 2.84 bits per heavy atom. The summed E-state index contributed by atoms with van der Waals surface area (Å²) in [4.78, 5) is 5.34. The summed E-state index contributed by atoms with van der Waals surface area (Å²) < 4.78 is 7.38. The van der Waals surface area contributed by atoms with Gasteiger partial charge in [-0.3, -0.25) is 4.98 Å². The monoisotopic (exact) mass is 411 g/mol. The third-order valence-corrected chi connectivity index (χ3v) is 5.96. The molecule has 0 amide bonds. The Labute approximate surface area is 157 Å². The van der Waals surface area contributed by atoms with Gasteiger partial charge in [-0.25, -0.2) is 5.01 Å². The summed E-state index contributed by atoms with van der Waals surface area (Å²) in [5, 5.41) is 9.13. The second-order valence-corrected chi connectivity index (χ2v) is 7.92. The van der Waals surface area contributed by atoms with Gasteiger partial charge in [-0.1, -0.05) is 22.0 Å². The highest BCUT2D eigenvalue weighted by atomic mass is 79.9. The first kappa shape index (κ1) is 15.1. The Hall–Kier alpha value is -2.18. The van der Waals surface area contributed by atoms with E-state index in [-0.39, 0.29) is 12.3 Å². The van der Waals surface area contributed by atoms with Gasteiger partial charge in [0.2, 0.25) is 6.23 Å². The second-order valence-electron chi connectivity index (χ2n) is 6.06. The molecule has 2 aromatic heterocycles. The fourth-order valence-electron chi connectivity index (χ4n) is 3.40. The van der Waals surface area contributed by atoms with E-state index in [0.29, 0.717) is 0 Å². The average molecular weight is 412 g/mol. The first-order valence-corrected chi connectivity index (χ1v) is 9.72. The van der Waals surface area contributed by atoms with E-state index in [1.165, 1.54) is 10.4 Å². The fraction of sp³-hybridized carbons (Fsp3) is 0.158. The molecule has 6 heteroatoms. The largest absolute Gasteiger partial charge is 0.464 e. The minimum Gasteiger partial charge on any atom is -0.464 e. The van der Waals surface area contributed by atoms with Crippen LogP contribution < -0.4 is 4.74 Å². The molecule has 2 aliphatic rings. The van der Waals surface area contributed by atoms with E-state index in [1.54, 1.807) is 23.7 Å². The van der Waals surface area contributed by atoms with Gasteiger partial charge in [0.1, 0.15) is 5.75 Å². The number of halogens is 1. The number of rotatable bonds is 2. The van der Waals surface area contributed by atoms with Gasteiger partial charge < -0.3 is 4.74 Å². The van der Waals surface area contributed by atoms with Gasteiger partial charge in [-0.15, -0.1) is 11.3 Å². The molecule has 2 atom stereocenters. The Morgan fingerprint density at radius 2 is 2.04 bits per heavy atom. The quantitative estimate of drug-likeness (QED) is 0.585. The van der Waals surface area contributed by atoms with Gasteiger partial charge in [0.25, 0.3) is 0 Å². The Bertz CT molecular complexity index is 943. The van der Waals surface area contributed by atoms with Gasteiger partial charge in [0.05, 0.1) is 16.6 Å². The Kier molecular flexibility index (Phi) is 3.60. The molecule has 25 heavy (non-hydrogen) atoms. The van der Waals surface area contributed by atoms with Crippen molar-refractivity contribution in [2.75, 3.05) is 0 Å². The van der Waals surface area contributed by atoms with Crippen molar-refractivity contribution in [2.45, 2.75) is 18.7 Å². The number of hydrazone groups is 1. The first-order valence-electron chi connectivity index (χ1n) is 8.05. The van der Waals surface area contributed by atoms with Gasteiger partial charge in [0.15, 0.2) is 0 Å². The summed E-state index contributed by atoms with van der Waals surface area (Å²) in [6.07, 6.45) is 4.24. The molecule has 3 aromatic rings. The first-order chi connectivity index (χ1) is 12.3.